The first-order valence-corrected chi connectivity index (χ1v) is 3.23. The van der Waals surface area contributed by atoms with Gasteiger partial charge >= 0.3 is 5.92 Å². The zero-order valence-electron chi connectivity index (χ0n) is 5.59. The van der Waals surface area contributed by atoms with Crippen LogP contribution in [0.3, 0.4) is 0 Å². The first-order valence-electron chi connectivity index (χ1n) is 3.23. The third-order valence-electron chi connectivity index (χ3n) is 1.63. The molecule has 0 radical (unpaired) electrons. The number of hydrogen-bond acceptors (Lipinski definition) is 1. The highest BCUT2D eigenvalue weighted by molar-refractivity contribution is 5.81. The lowest BCUT2D eigenvalue weighted by Gasteiger charge is -2.05. The van der Waals surface area contributed by atoms with Crippen molar-refractivity contribution < 1.29 is 8.78 Å². The molecular formula is C9H9F2N. The maximum Gasteiger partial charge on any atom is 0.310 e. The molecule has 2 rings (SSSR count). The van der Waals surface area contributed by atoms with Crippen molar-refractivity contribution in [2.45, 2.75) is 13.3 Å². The van der Waals surface area contributed by atoms with Crippen LogP contribution >= 0.6 is 0 Å². The highest BCUT2D eigenvalue weighted by Gasteiger charge is 2.35. The van der Waals surface area contributed by atoms with Crippen LogP contribution in [0.25, 0.3) is 0 Å². The summed E-state index contributed by atoms with van der Waals surface area (Å²) < 4.78 is 25.6. The van der Waals surface area contributed by atoms with Crippen LogP contribution < -0.4 is 0 Å². The maximum atomic E-state index is 12.8. The lowest BCUT2D eigenvalue weighted by Crippen LogP contribution is -2.09. The zero-order valence-corrected chi connectivity index (χ0v) is 5.59. The molecule has 64 valence electrons. The van der Waals surface area contributed by atoms with Crippen LogP contribution in [-0.2, 0) is 5.92 Å². The summed E-state index contributed by atoms with van der Waals surface area (Å²) in [6, 6.07) is 6.24. The number of para-hydroxylation sites is 1. The SMILES string of the molecule is C.FC1(F)C=Nc2ccccc21. The van der Waals surface area contributed by atoms with Crippen molar-refractivity contribution in [3.05, 3.63) is 29.8 Å². The van der Waals surface area contributed by atoms with E-state index in [4.69, 9.17) is 0 Å². The summed E-state index contributed by atoms with van der Waals surface area (Å²) in [6.07, 6.45) is 0.678. The van der Waals surface area contributed by atoms with Crippen LogP contribution in [-0.4, -0.2) is 6.21 Å². The van der Waals surface area contributed by atoms with Gasteiger partial charge in [0.15, 0.2) is 0 Å². The zero-order chi connectivity index (χ0) is 7.90. The highest BCUT2D eigenvalue weighted by Crippen LogP contribution is 2.38. The van der Waals surface area contributed by atoms with Crippen molar-refractivity contribution in [1.82, 2.24) is 0 Å². The molecule has 0 aromatic heterocycles. The van der Waals surface area contributed by atoms with Gasteiger partial charge in [0.05, 0.1) is 17.5 Å². The van der Waals surface area contributed by atoms with Gasteiger partial charge < -0.3 is 0 Å². The molecule has 0 saturated heterocycles. The predicted octanol–water partition coefficient (Wildman–Crippen LogP) is 3.13. The first kappa shape index (κ1) is 8.84. The molecule has 0 bridgehead atoms. The van der Waals surface area contributed by atoms with E-state index in [-0.39, 0.29) is 13.0 Å². The van der Waals surface area contributed by atoms with E-state index in [0.717, 1.165) is 0 Å². The molecule has 1 aliphatic heterocycles. The van der Waals surface area contributed by atoms with Gasteiger partial charge in [-0.15, -0.1) is 0 Å². The molecule has 0 amide bonds. The number of nitrogens with zero attached hydrogens (tertiary/aromatic N) is 1. The van der Waals surface area contributed by atoms with Gasteiger partial charge in [-0.25, -0.2) is 0 Å². The Balaban J connectivity index is 0.000000720. The number of benzene rings is 1. The quantitative estimate of drug-likeness (QED) is 0.565. The Morgan fingerprint density at radius 3 is 2.50 bits per heavy atom. The minimum Gasteiger partial charge on any atom is -0.254 e. The number of halogens is 2. The van der Waals surface area contributed by atoms with Gasteiger partial charge in [-0.1, -0.05) is 25.6 Å². The largest absolute Gasteiger partial charge is 0.310 e. The summed E-state index contributed by atoms with van der Waals surface area (Å²) in [5.41, 5.74) is 0.373. The molecule has 3 heteroatoms. The Kier molecular flexibility index (Phi) is 1.96. The van der Waals surface area contributed by atoms with E-state index in [1.54, 1.807) is 18.2 Å². The Labute approximate surface area is 69.8 Å². The molecule has 1 aromatic carbocycles. The normalized spacial score (nSPS) is 16.8. The van der Waals surface area contributed by atoms with Gasteiger partial charge in [0.25, 0.3) is 0 Å². The molecule has 1 heterocycles. The van der Waals surface area contributed by atoms with E-state index < -0.39 is 5.92 Å². The minimum absolute atomic E-state index is 0. The first-order chi connectivity index (χ1) is 5.20. The molecule has 0 fully saturated rings. The second-order valence-corrected chi connectivity index (χ2v) is 2.40. The summed E-state index contributed by atoms with van der Waals surface area (Å²) in [6.45, 7) is 0. The number of aliphatic imine (C=N–C) groups is 1. The average Bonchev–Trinajstić information content (AvgIpc) is 2.29. The lowest BCUT2D eigenvalue weighted by atomic mass is 10.1. The van der Waals surface area contributed by atoms with Crippen LogP contribution in [0.1, 0.15) is 13.0 Å². The van der Waals surface area contributed by atoms with Crippen LogP contribution in [0.5, 0.6) is 0 Å². The van der Waals surface area contributed by atoms with Gasteiger partial charge in [0.1, 0.15) is 0 Å². The van der Waals surface area contributed by atoms with E-state index in [0.29, 0.717) is 11.9 Å². The maximum absolute atomic E-state index is 12.8. The van der Waals surface area contributed by atoms with Gasteiger partial charge in [0, 0.05) is 0 Å². The third kappa shape index (κ3) is 1.11. The fourth-order valence-electron chi connectivity index (χ4n) is 1.09. The molecule has 1 aromatic rings. The Bertz CT molecular complexity index is 318. The van der Waals surface area contributed by atoms with Gasteiger partial charge in [-0.05, 0) is 6.07 Å². The summed E-state index contributed by atoms with van der Waals surface area (Å²) >= 11 is 0. The van der Waals surface area contributed by atoms with Crippen LogP contribution in [0.4, 0.5) is 14.5 Å². The fourth-order valence-corrected chi connectivity index (χ4v) is 1.09. The van der Waals surface area contributed by atoms with Gasteiger partial charge in [-0.3, -0.25) is 4.99 Å². The van der Waals surface area contributed by atoms with E-state index in [9.17, 15) is 8.78 Å². The van der Waals surface area contributed by atoms with Gasteiger partial charge in [0.2, 0.25) is 0 Å². The predicted molar refractivity (Wildman–Crippen MR) is 45.2 cm³/mol. The van der Waals surface area contributed by atoms with Crippen LogP contribution in [0.15, 0.2) is 29.3 Å². The third-order valence-corrected chi connectivity index (χ3v) is 1.63. The summed E-state index contributed by atoms with van der Waals surface area (Å²) in [7, 11) is 0. The molecule has 0 aliphatic carbocycles. The average molecular weight is 169 g/mol. The van der Waals surface area contributed by atoms with Crippen molar-refractivity contribution in [2.75, 3.05) is 0 Å². The monoisotopic (exact) mass is 169 g/mol. The van der Waals surface area contributed by atoms with E-state index in [2.05, 4.69) is 4.99 Å². The van der Waals surface area contributed by atoms with E-state index >= 15 is 0 Å². The number of hydrogen-bond donors (Lipinski definition) is 0. The number of alkyl halides is 2. The highest BCUT2D eigenvalue weighted by atomic mass is 19.3. The molecule has 1 nitrogen and oxygen atoms in total. The topological polar surface area (TPSA) is 12.4 Å². The van der Waals surface area contributed by atoms with Crippen LogP contribution in [0.2, 0.25) is 0 Å². The summed E-state index contributed by atoms with van der Waals surface area (Å²) in [5, 5.41) is 0. The molecule has 12 heavy (non-hydrogen) atoms. The summed E-state index contributed by atoms with van der Waals surface area (Å²) in [4.78, 5) is 3.58. The van der Waals surface area contributed by atoms with E-state index in [1.807, 2.05) is 0 Å². The Hall–Kier alpha value is -1.25. The standard InChI is InChI=1S/C8H5F2N.CH4/c9-8(10)5-11-7-4-2-1-3-6(7)8;/h1-5H;1H4. The Morgan fingerprint density at radius 1 is 1.17 bits per heavy atom. The molecule has 0 atom stereocenters. The van der Waals surface area contributed by atoms with Crippen LogP contribution in [0, 0.1) is 0 Å². The van der Waals surface area contributed by atoms with E-state index in [1.165, 1.54) is 6.07 Å². The molecule has 0 spiro atoms. The van der Waals surface area contributed by atoms with Crippen molar-refractivity contribution in [1.29, 1.82) is 0 Å². The number of rotatable bonds is 0. The van der Waals surface area contributed by atoms with Crippen molar-refractivity contribution in [2.24, 2.45) is 4.99 Å². The smallest absolute Gasteiger partial charge is 0.254 e. The summed E-state index contributed by atoms with van der Waals surface area (Å²) in [5.74, 6) is -2.86. The van der Waals surface area contributed by atoms with Gasteiger partial charge in [-0.2, -0.15) is 8.78 Å². The minimum atomic E-state index is -2.86. The Morgan fingerprint density at radius 2 is 1.83 bits per heavy atom. The molecule has 0 unspecified atom stereocenters. The number of fused-ring (bicyclic) bond motifs is 1. The second-order valence-electron chi connectivity index (χ2n) is 2.40. The second kappa shape index (κ2) is 2.66. The lowest BCUT2D eigenvalue weighted by molar-refractivity contribution is 0.0862. The van der Waals surface area contributed by atoms with Crippen molar-refractivity contribution in [3.8, 4) is 0 Å². The molecular weight excluding hydrogens is 160 g/mol. The molecule has 1 aliphatic rings. The molecule has 0 saturated carbocycles. The fraction of sp³-hybridized carbons (Fsp3) is 0.222. The van der Waals surface area contributed by atoms with Crippen molar-refractivity contribution in [3.63, 3.8) is 0 Å². The van der Waals surface area contributed by atoms with Crippen molar-refractivity contribution >= 4 is 11.9 Å². The molecule has 0 N–H and O–H groups in total.